The van der Waals surface area contributed by atoms with Crippen LogP contribution in [0.5, 0.6) is 0 Å². The molecular weight excluding hydrogens is 346 g/mol. The van der Waals surface area contributed by atoms with Gasteiger partial charge in [-0.1, -0.05) is 5.16 Å². The van der Waals surface area contributed by atoms with E-state index < -0.39 is 0 Å². The van der Waals surface area contributed by atoms with Gasteiger partial charge in [0.25, 0.3) is 0 Å². The van der Waals surface area contributed by atoms with E-state index in [0.717, 1.165) is 46.4 Å². The molecule has 4 rings (SSSR count). The predicted octanol–water partition coefficient (Wildman–Crippen LogP) is 2.65. The van der Waals surface area contributed by atoms with Crippen LogP contribution < -0.4 is 0 Å². The molecule has 1 atom stereocenters. The minimum atomic E-state index is -0.217. The summed E-state index contributed by atoms with van der Waals surface area (Å²) in [6.45, 7) is 9.95. The first-order chi connectivity index (χ1) is 13.0. The molecule has 0 bridgehead atoms. The Morgan fingerprint density at radius 2 is 2.07 bits per heavy atom. The van der Waals surface area contributed by atoms with Gasteiger partial charge in [0.2, 0.25) is 0 Å². The summed E-state index contributed by atoms with van der Waals surface area (Å²) >= 11 is 0. The molecule has 0 aliphatic carbocycles. The minimum Gasteiger partial charge on any atom is -0.362 e. The van der Waals surface area contributed by atoms with Crippen molar-refractivity contribution in [2.24, 2.45) is 4.99 Å². The van der Waals surface area contributed by atoms with Gasteiger partial charge in [-0.25, -0.2) is 5.06 Å². The molecule has 0 radical (unpaired) electrons. The molecule has 0 aromatic carbocycles. The highest BCUT2D eigenvalue weighted by Gasteiger charge is 2.37. The fourth-order valence-electron chi connectivity index (χ4n) is 3.62. The first-order valence-electron chi connectivity index (χ1n) is 9.10. The van der Waals surface area contributed by atoms with Crippen molar-refractivity contribution < 1.29 is 14.1 Å². The van der Waals surface area contributed by atoms with Crippen LogP contribution in [0.1, 0.15) is 30.9 Å². The number of fused-ring (bicyclic) bond motifs is 2. The minimum absolute atomic E-state index is 0.217. The Balaban J connectivity index is 1.64. The van der Waals surface area contributed by atoms with Crippen LogP contribution in [0.25, 0.3) is 0 Å². The molecule has 0 fully saturated rings. The van der Waals surface area contributed by atoms with E-state index in [-0.39, 0.29) is 6.10 Å². The Labute approximate surface area is 159 Å². The number of hydrogen-bond acceptors (Lipinski definition) is 8. The zero-order valence-corrected chi connectivity index (χ0v) is 16.4. The topological polar surface area (TPSA) is 66.6 Å². The molecule has 0 saturated carbocycles. The number of rotatable bonds is 5. The van der Waals surface area contributed by atoms with Gasteiger partial charge in [0.05, 0.1) is 37.5 Å². The molecular formula is C19H25N5O3. The monoisotopic (exact) mass is 371 g/mol. The molecule has 8 heteroatoms. The van der Waals surface area contributed by atoms with Gasteiger partial charge in [-0.2, -0.15) is 0 Å². The van der Waals surface area contributed by atoms with Crippen molar-refractivity contribution in [1.82, 2.24) is 20.0 Å². The Hall–Kier alpha value is -2.58. The maximum Gasteiger partial charge on any atom is 0.139 e. The van der Waals surface area contributed by atoms with E-state index in [1.807, 2.05) is 26.3 Å². The van der Waals surface area contributed by atoms with Crippen LogP contribution >= 0.6 is 0 Å². The van der Waals surface area contributed by atoms with Crippen molar-refractivity contribution in [3.63, 3.8) is 0 Å². The number of nitrogens with zero attached hydrogens (tertiary/aromatic N) is 5. The van der Waals surface area contributed by atoms with Crippen molar-refractivity contribution in [3.8, 4) is 0 Å². The highest BCUT2D eigenvalue weighted by atomic mass is 16.7. The molecule has 0 saturated heterocycles. The SMILES string of the molecule is CCN1C=C(C)C(OCc2c(C)noc2C)C2=C1N1CN(OC)C=C1C=N2. The standard InChI is InChI=1S/C19H25N5O3/c1-6-22-8-12(2)18(26-10-16-13(3)21-27-14(16)4)17-19(22)24-11-23(25-5)9-15(24)7-20-17/h7-9,18H,6,10-11H2,1-5H3. The molecule has 4 heterocycles. The average Bonchev–Trinajstić information content (AvgIpc) is 3.23. The summed E-state index contributed by atoms with van der Waals surface area (Å²) in [5.41, 5.74) is 4.90. The zero-order chi connectivity index (χ0) is 19.1. The molecule has 27 heavy (non-hydrogen) atoms. The van der Waals surface area contributed by atoms with Crippen LogP contribution in [0.15, 0.2) is 44.7 Å². The van der Waals surface area contributed by atoms with E-state index in [1.165, 1.54) is 0 Å². The van der Waals surface area contributed by atoms with Crippen molar-refractivity contribution in [2.45, 2.75) is 40.4 Å². The Morgan fingerprint density at radius 3 is 2.74 bits per heavy atom. The molecule has 144 valence electrons. The molecule has 0 spiro atoms. The lowest BCUT2D eigenvalue weighted by Crippen LogP contribution is -2.41. The first kappa shape index (κ1) is 17.8. The molecule has 1 aromatic rings. The number of aromatic nitrogens is 1. The van der Waals surface area contributed by atoms with Gasteiger partial charge in [0, 0.05) is 18.3 Å². The van der Waals surface area contributed by atoms with Crippen LogP contribution in [0.2, 0.25) is 0 Å². The lowest BCUT2D eigenvalue weighted by Gasteiger charge is -2.40. The summed E-state index contributed by atoms with van der Waals surface area (Å²) in [4.78, 5) is 14.5. The maximum absolute atomic E-state index is 6.31. The summed E-state index contributed by atoms with van der Waals surface area (Å²) in [5.74, 6) is 1.84. The second-order valence-electron chi connectivity index (χ2n) is 6.84. The normalized spacial score (nSPS) is 21.5. The third-order valence-electron chi connectivity index (χ3n) is 5.13. The van der Waals surface area contributed by atoms with E-state index >= 15 is 0 Å². The van der Waals surface area contributed by atoms with Crippen molar-refractivity contribution in [3.05, 3.63) is 52.2 Å². The fourth-order valence-corrected chi connectivity index (χ4v) is 3.62. The Morgan fingerprint density at radius 1 is 1.26 bits per heavy atom. The molecule has 3 aliphatic rings. The largest absolute Gasteiger partial charge is 0.362 e. The number of allylic oxidation sites excluding steroid dienone is 1. The second kappa shape index (κ2) is 6.86. The number of hydroxylamine groups is 2. The van der Waals surface area contributed by atoms with Crippen molar-refractivity contribution in [1.29, 1.82) is 0 Å². The van der Waals surface area contributed by atoms with Gasteiger partial charge >= 0.3 is 0 Å². The molecule has 3 aliphatic heterocycles. The Kier molecular flexibility index (Phi) is 4.53. The third-order valence-corrected chi connectivity index (χ3v) is 5.13. The van der Waals surface area contributed by atoms with Crippen LogP contribution in [0, 0.1) is 13.8 Å². The van der Waals surface area contributed by atoms with E-state index in [1.54, 1.807) is 12.2 Å². The van der Waals surface area contributed by atoms with Gasteiger partial charge in [-0.15, -0.1) is 0 Å². The summed E-state index contributed by atoms with van der Waals surface area (Å²) < 4.78 is 11.6. The molecule has 0 N–H and O–H groups in total. The quantitative estimate of drug-likeness (QED) is 0.788. The number of aryl methyl sites for hydroxylation is 2. The smallest absolute Gasteiger partial charge is 0.139 e. The van der Waals surface area contributed by atoms with Gasteiger partial charge < -0.3 is 19.1 Å². The number of hydrogen-bond donors (Lipinski definition) is 0. The summed E-state index contributed by atoms with van der Waals surface area (Å²) in [5, 5.41) is 5.80. The average molecular weight is 371 g/mol. The van der Waals surface area contributed by atoms with Gasteiger partial charge in [0.1, 0.15) is 30.1 Å². The van der Waals surface area contributed by atoms with E-state index in [4.69, 9.17) is 19.1 Å². The van der Waals surface area contributed by atoms with E-state index in [0.29, 0.717) is 13.3 Å². The molecule has 0 amide bonds. The highest BCUT2D eigenvalue weighted by molar-refractivity contribution is 5.81. The fraction of sp³-hybridized carbons (Fsp3) is 0.474. The van der Waals surface area contributed by atoms with E-state index in [9.17, 15) is 0 Å². The third kappa shape index (κ3) is 2.94. The first-order valence-corrected chi connectivity index (χ1v) is 9.10. The molecule has 1 unspecified atom stereocenters. The van der Waals surface area contributed by atoms with Crippen molar-refractivity contribution in [2.75, 3.05) is 20.3 Å². The maximum atomic E-state index is 6.31. The summed E-state index contributed by atoms with van der Waals surface area (Å²) in [6, 6.07) is 0. The lowest BCUT2D eigenvalue weighted by atomic mass is 10.0. The van der Waals surface area contributed by atoms with Crippen LogP contribution in [-0.2, 0) is 16.2 Å². The van der Waals surface area contributed by atoms with E-state index in [2.05, 4.69) is 35.0 Å². The predicted molar refractivity (Wildman–Crippen MR) is 99.8 cm³/mol. The van der Waals surface area contributed by atoms with Crippen LogP contribution in [-0.4, -0.2) is 52.7 Å². The second-order valence-corrected chi connectivity index (χ2v) is 6.84. The number of ether oxygens (including phenoxy) is 1. The summed E-state index contributed by atoms with van der Waals surface area (Å²) in [7, 11) is 1.67. The van der Waals surface area contributed by atoms with Crippen LogP contribution in [0.3, 0.4) is 0 Å². The molecule has 1 aromatic heterocycles. The molecule has 8 nitrogen and oxygen atoms in total. The van der Waals surface area contributed by atoms with Crippen LogP contribution in [0.4, 0.5) is 0 Å². The zero-order valence-electron chi connectivity index (χ0n) is 16.4. The Bertz CT molecular complexity index is 847. The van der Waals surface area contributed by atoms with Gasteiger partial charge in [-0.3, -0.25) is 9.83 Å². The van der Waals surface area contributed by atoms with Gasteiger partial charge in [0.15, 0.2) is 0 Å². The summed E-state index contributed by atoms with van der Waals surface area (Å²) in [6.07, 6.45) is 5.75. The number of aliphatic imine (C=N–C) groups is 1. The highest BCUT2D eigenvalue weighted by Crippen LogP contribution is 2.37. The lowest BCUT2D eigenvalue weighted by molar-refractivity contribution is -0.0970. The van der Waals surface area contributed by atoms with Crippen molar-refractivity contribution >= 4 is 6.21 Å². The van der Waals surface area contributed by atoms with Gasteiger partial charge in [-0.05, 0) is 33.3 Å².